The summed E-state index contributed by atoms with van der Waals surface area (Å²) in [5, 5.41) is 4.25. The molecule has 2 amide bonds. The van der Waals surface area contributed by atoms with Gasteiger partial charge in [0.2, 0.25) is 5.91 Å². The third-order valence-corrected chi connectivity index (χ3v) is 7.11. The van der Waals surface area contributed by atoms with Crippen LogP contribution in [0.4, 0.5) is 0 Å². The zero-order valence-electron chi connectivity index (χ0n) is 19.4. The van der Waals surface area contributed by atoms with Crippen LogP contribution in [0, 0.1) is 0 Å². The van der Waals surface area contributed by atoms with E-state index in [1.54, 1.807) is 12.1 Å². The molecule has 0 saturated carbocycles. The summed E-state index contributed by atoms with van der Waals surface area (Å²) in [4.78, 5) is 45.7. The molecule has 2 N–H and O–H groups in total. The van der Waals surface area contributed by atoms with Crippen LogP contribution in [0.5, 0.6) is 0 Å². The summed E-state index contributed by atoms with van der Waals surface area (Å²) < 4.78 is 5.08. The van der Waals surface area contributed by atoms with Crippen LogP contribution in [0.15, 0.2) is 48.5 Å². The monoisotopic (exact) mass is 510 g/mol. The Morgan fingerprint density at radius 3 is 2.42 bits per heavy atom. The van der Waals surface area contributed by atoms with E-state index in [0.717, 1.165) is 40.8 Å². The molecule has 2 aliphatic heterocycles. The number of piperazine rings is 1. The molecule has 2 aliphatic rings. The largest absolute Gasteiger partial charge is 0.467 e. The second-order valence-electron chi connectivity index (χ2n) is 8.81. The lowest BCUT2D eigenvalue weighted by Crippen LogP contribution is -2.52. The smallest absolute Gasteiger partial charge is 0.328 e. The number of para-hydroxylation sites is 1. The lowest BCUT2D eigenvalue weighted by molar-refractivity contribution is -0.154. The van der Waals surface area contributed by atoms with E-state index in [4.69, 9.17) is 16.3 Å². The number of carbonyl (C=O) groups is 3. The predicted octanol–water partition coefficient (Wildman–Crippen LogP) is 3.10. The van der Waals surface area contributed by atoms with E-state index in [0.29, 0.717) is 25.1 Å². The Balaban J connectivity index is 0.00000304. The number of carbonyl (C=O) groups excluding carboxylic acids is 3. The third-order valence-electron chi connectivity index (χ3n) is 6.88. The number of aromatic amines is 1. The van der Waals surface area contributed by atoms with Crippen molar-refractivity contribution < 1.29 is 19.1 Å². The molecule has 0 radical (unpaired) electrons. The standard InChI is InChI=1S/C26H27ClN4O4.CH4/c1-35-26(34)21-14-19-18-4-2-3-5-20(18)29-23(19)24(31(21)22(32)15-27)16-6-8-17(9-7-16)25(33)30-12-10-28-11-13-30;/h2-9,21,24,28-29H,10-15H2,1H3;1H4/t21-,24+;/m1./s1. The highest BCUT2D eigenvalue weighted by molar-refractivity contribution is 6.27. The molecular weight excluding hydrogens is 480 g/mol. The molecule has 3 aromatic rings. The average Bonchev–Trinajstić information content (AvgIpc) is 3.29. The number of nitrogens with one attached hydrogen (secondary N) is 2. The number of esters is 1. The van der Waals surface area contributed by atoms with Crippen molar-refractivity contribution in [1.29, 1.82) is 0 Å². The molecule has 190 valence electrons. The quantitative estimate of drug-likeness (QED) is 0.415. The summed E-state index contributed by atoms with van der Waals surface area (Å²) in [5.41, 5.74) is 4.10. The maximum Gasteiger partial charge on any atom is 0.328 e. The van der Waals surface area contributed by atoms with Crippen molar-refractivity contribution in [3.05, 3.63) is 70.9 Å². The highest BCUT2D eigenvalue weighted by Crippen LogP contribution is 2.41. The molecule has 1 saturated heterocycles. The van der Waals surface area contributed by atoms with E-state index >= 15 is 0 Å². The average molecular weight is 511 g/mol. The Hall–Kier alpha value is -3.36. The number of ether oxygens (including phenoxy) is 1. The van der Waals surface area contributed by atoms with E-state index in [-0.39, 0.29) is 25.1 Å². The van der Waals surface area contributed by atoms with Crippen LogP contribution in [0.2, 0.25) is 0 Å². The number of H-pyrrole nitrogens is 1. The van der Waals surface area contributed by atoms with Crippen molar-refractivity contribution in [3.63, 3.8) is 0 Å². The van der Waals surface area contributed by atoms with Crippen LogP contribution in [0.1, 0.15) is 40.6 Å². The van der Waals surface area contributed by atoms with Gasteiger partial charge in [-0.25, -0.2) is 4.79 Å². The Morgan fingerprint density at radius 2 is 1.75 bits per heavy atom. The van der Waals surface area contributed by atoms with E-state index in [1.807, 2.05) is 41.3 Å². The molecule has 3 heterocycles. The van der Waals surface area contributed by atoms with Crippen LogP contribution in [0.25, 0.3) is 10.9 Å². The number of hydrogen-bond donors (Lipinski definition) is 2. The molecule has 1 aromatic heterocycles. The molecule has 0 bridgehead atoms. The van der Waals surface area contributed by atoms with Gasteiger partial charge in [-0.1, -0.05) is 37.8 Å². The van der Waals surface area contributed by atoms with Crippen molar-refractivity contribution >= 4 is 40.3 Å². The summed E-state index contributed by atoms with van der Waals surface area (Å²) in [6.07, 6.45) is 0.324. The van der Waals surface area contributed by atoms with Crippen LogP contribution < -0.4 is 5.32 Å². The number of rotatable bonds is 4. The van der Waals surface area contributed by atoms with Crippen molar-refractivity contribution in [1.82, 2.24) is 20.1 Å². The Bertz CT molecular complexity index is 1270. The van der Waals surface area contributed by atoms with Crippen molar-refractivity contribution in [2.45, 2.75) is 25.9 Å². The Labute approximate surface area is 215 Å². The first-order valence-electron chi connectivity index (χ1n) is 11.7. The summed E-state index contributed by atoms with van der Waals surface area (Å²) in [7, 11) is 1.32. The van der Waals surface area contributed by atoms with Crippen LogP contribution in [0.3, 0.4) is 0 Å². The number of fused-ring (bicyclic) bond motifs is 3. The van der Waals surface area contributed by atoms with Gasteiger partial charge in [0.05, 0.1) is 13.2 Å². The molecule has 0 spiro atoms. The first kappa shape index (κ1) is 25.7. The molecular formula is C27H31ClN4O4. The fourth-order valence-electron chi connectivity index (χ4n) is 5.19. The predicted molar refractivity (Wildman–Crippen MR) is 139 cm³/mol. The number of benzene rings is 2. The van der Waals surface area contributed by atoms with Crippen LogP contribution >= 0.6 is 11.6 Å². The molecule has 2 aromatic carbocycles. The second-order valence-corrected chi connectivity index (χ2v) is 9.07. The highest BCUT2D eigenvalue weighted by atomic mass is 35.5. The fourth-order valence-corrected chi connectivity index (χ4v) is 5.33. The van der Waals surface area contributed by atoms with Crippen molar-refractivity contribution in [2.75, 3.05) is 39.2 Å². The zero-order valence-corrected chi connectivity index (χ0v) is 20.2. The SMILES string of the molecule is C.COC(=O)[C@H]1Cc2c([nH]c3ccccc23)[C@H](c2ccc(C(=O)N3CCNCC3)cc2)N1C(=O)CCl. The number of halogens is 1. The van der Waals surface area contributed by atoms with E-state index in [2.05, 4.69) is 10.3 Å². The van der Waals surface area contributed by atoms with Crippen molar-refractivity contribution in [2.24, 2.45) is 0 Å². The molecule has 0 unspecified atom stereocenters. The number of amides is 2. The van der Waals surface area contributed by atoms with E-state index in [9.17, 15) is 14.4 Å². The van der Waals surface area contributed by atoms with Gasteiger partial charge in [0, 0.05) is 54.8 Å². The van der Waals surface area contributed by atoms with Gasteiger partial charge in [-0.15, -0.1) is 11.6 Å². The number of nitrogens with zero attached hydrogens (tertiary/aromatic N) is 2. The minimum atomic E-state index is -0.815. The number of methoxy groups -OCH3 is 1. The van der Waals surface area contributed by atoms with Gasteiger partial charge in [0.25, 0.3) is 5.91 Å². The maximum absolute atomic E-state index is 13.1. The van der Waals surface area contributed by atoms with Gasteiger partial charge in [0.1, 0.15) is 11.9 Å². The topological polar surface area (TPSA) is 94.7 Å². The van der Waals surface area contributed by atoms with Crippen LogP contribution in [-0.4, -0.2) is 77.8 Å². The molecule has 1 fully saturated rings. The number of aromatic nitrogens is 1. The normalized spacial score (nSPS) is 19.4. The summed E-state index contributed by atoms with van der Waals surface area (Å²) in [5.74, 6) is -1.14. The third kappa shape index (κ3) is 4.47. The maximum atomic E-state index is 13.1. The molecule has 9 heteroatoms. The first-order valence-corrected chi connectivity index (χ1v) is 12.2. The van der Waals surface area contributed by atoms with Gasteiger partial charge in [0.15, 0.2) is 0 Å². The van der Waals surface area contributed by atoms with Gasteiger partial charge in [-0.3, -0.25) is 9.59 Å². The number of alkyl halides is 1. The Kier molecular flexibility index (Phi) is 7.66. The lowest BCUT2D eigenvalue weighted by atomic mass is 9.87. The molecule has 36 heavy (non-hydrogen) atoms. The minimum absolute atomic E-state index is 0. The van der Waals surface area contributed by atoms with E-state index < -0.39 is 18.1 Å². The minimum Gasteiger partial charge on any atom is -0.467 e. The summed E-state index contributed by atoms with van der Waals surface area (Å²) >= 11 is 6.00. The lowest BCUT2D eigenvalue weighted by Gasteiger charge is -2.40. The van der Waals surface area contributed by atoms with Gasteiger partial charge >= 0.3 is 5.97 Å². The molecule has 2 atom stereocenters. The van der Waals surface area contributed by atoms with Gasteiger partial charge in [-0.05, 0) is 29.3 Å². The molecule has 0 aliphatic carbocycles. The fraction of sp³-hybridized carbons (Fsp3) is 0.370. The van der Waals surface area contributed by atoms with Gasteiger partial charge < -0.3 is 24.8 Å². The second kappa shape index (κ2) is 10.7. The number of hydrogen-bond acceptors (Lipinski definition) is 5. The van der Waals surface area contributed by atoms with E-state index in [1.165, 1.54) is 12.0 Å². The highest BCUT2D eigenvalue weighted by Gasteiger charge is 2.43. The molecule has 5 rings (SSSR count). The Morgan fingerprint density at radius 1 is 1.06 bits per heavy atom. The van der Waals surface area contributed by atoms with Crippen LogP contribution in [-0.2, 0) is 20.7 Å². The van der Waals surface area contributed by atoms with Crippen molar-refractivity contribution in [3.8, 4) is 0 Å². The first-order chi connectivity index (χ1) is 17.0. The molecule has 8 nitrogen and oxygen atoms in total. The summed E-state index contributed by atoms with van der Waals surface area (Å²) in [6, 6.07) is 13.7. The van der Waals surface area contributed by atoms with Gasteiger partial charge in [-0.2, -0.15) is 0 Å². The summed E-state index contributed by atoms with van der Waals surface area (Å²) in [6.45, 7) is 2.89. The zero-order chi connectivity index (χ0) is 24.5.